The molecule has 4 nitrogen and oxygen atoms in total. The van der Waals surface area contributed by atoms with Crippen molar-refractivity contribution in [3.8, 4) is 11.3 Å². The second-order valence-corrected chi connectivity index (χ2v) is 4.69. The number of hydrogen-bond donors (Lipinski definition) is 2. The maximum Gasteiger partial charge on any atom is 0.292 e. The zero-order valence-electron chi connectivity index (χ0n) is 11.5. The summed E-state index contributed by atoms with van der Waals surface area (Å²) < 4.78 is 0. The zero-order valence-corrected chi connectivity index (χ0v) is 11.5. The smallest absolute Gasteiger partial charge is 0.292 e. The first kappa shape index (κ1) is 13.1. The Hall–Kier alpha value is -2.88. The second kappa shape index (κ2) is 5.25. The lowest BCUT2D eigenvalue weighted by molar-refractivity contribution is -0.116. The van der Waals surface area contributed by atoms with E-state index >= 15 is 0 Å². The van der Waals surface area contributed by atoms with Crippen LogP contribution >= 0.6 is 0 Å². The number of nitrogens with one attached hydrogen (secondary N) is 2. The lowest BCUT2D eigenvalue weighted by atomic mass is 10.0. The number of fused-ring (bicyclic) bond motifs is 1. The lowest BCUT2D eigenvalue weighted by Gasteiger charge is -2.03. The van der Waals surface area contributed by atoms with Crippen molar-refractivity contribution in [2.75, 3.05) is 7.05 Å². The molecule has 0 aliphatic heterocycles. The number of H-pyrrole nitrogens is 1. The minimum absolute atomic E-state index is 0.413. The summed E-state index contributed by atoms with van der Waals surface area (Å²) in [6, 6.07) is 17.0. The maximum atomic E-state index is 12.4. The average Bonchev–Trinajstić information content (AvgIpc) is 2.93. The molecule has 3 aromatic rings. The Morgan fingerprint density at radius 1 is 0.952 bits per heavy atom. The van der Waals surface area contributed by atoms with Crippen molar-refractivity contribution in [1.29, 1.82) is 0 Å². The van der Waals surface area contributed by atoms with Crippen molar-refractivity contribution >= 4 is 22.6 Å². The van der Waals surface area contributed by atoms with Gasteiger partial charge in [0.1, 0.15) is 0 Å². The highest BCUT2D eigenvalue weighted by Crippen LogP contribution is 2.30. The summed E-state index contributed by atoms with van der Waals surface area (Å²) in [4.78, 5) is 27.4. The van der Waals surface area contributed by atoms with Crippen LogP contribution in [0.1, 0.15) is 10.4 Å². The van der Waals surface area contributed by atoms with Gasteiger partial charge in [0.15, 0.2) is 0 Å². The monoisotopic (exact) mass is 278 g/mol. The molecule has 21 heavy (non-hydrogen) atoms. The maximum absolute atomic E-state index is 12.4. The number of carbonyl (C=O) groups is 2. The van der Waals surface area contributed by atoms with Crippen LogP contribution in [0, 0.1) is 0 Å². The van der Waals surface area contributed by atoms with Crippen LogP contribution in [-0.2, 0) is 4.79 Å². The van der Waals surface area contributed by atoms with Crippen LogP contribution < -0.4 is 5.32 Å². The van der Waals surface area contributed by atoms with Gasteiger partial charge in [0.05, 0.1) is 11.3 Å². The number of Topliss-reactive ketones (excluding diaryl/α,β-unsaturated/α-hetero) is 1. The highest BCUT2D eigenvalue weighted by atomic mass is 16.2. The van der Waals surface area contributed by atoms with Crippen molar-refractivity contribution in [3.05, 3.63) is 60.2 Å². The van der Waals surface area contributed by atoms with Gasteiger partial charge >= 0.3 is 0 Å². The number of ketones is 1. The van der Waals surface area contributed by atoms with Gasteiger partial charge in [-0.05, 0) is 11.6 Å². The summed E-state index contributed by atoms with van der Waals surface area (Å²) in [5.74, 6) is -1.15. The Morgan fingerprint density at radius 3 is 2.33 bits per heavy atom. The van der Waals surface area contributed by atoms with E-state index in [2.05, 4.69) is 10.3 Å². The number of aromatic nitrogens is 1. The molecule has 0 aliphatic rings. The van der Waals surface area contributed by atoms with Gasteiger partial charge in [-0.15, -0.1) is 0 Å². The first-order valence-electron chi connectivity index (χ1n) is 6.65. The van der Waals surface area contributed by atoms with E-state index in [1.165, 1.54) is 7.05 Å². The molecule has 1 aromatic heterocycles. The molecule has 0 bridgehead atoms. The fraction of sp³-hybridized carbons (Fsp3) is 0.0588. The third kappa shape index (κ3) is 2.21. The Balaban J connectivity index is 2.29. The number of para-hydroxylation sites is 1. The molecule has 2 N–H and O–H groups in total. The fourth-order valence-corrected chi connectivity index (χ4v) is 2.43. The largest absolute Gasteiger partial charge is 0.354 e. The SMILES string of the molecule is CNC(=O)C(=O)c1c(-c2ccccc2)[nH]c2ccccc12. The van der Waals surface area contributed by atoms with Crippen molar-refractivity contribution < 1.29 is 9.59 Å². The number of hydrogen-bond acceptors (Lipinski definition) is 2. The Kier molecular flexibility index (Phi) is 3.28. The molecule has 0 saturated carbocycles. The molecule has 3 rings (SSSR count). The molecule has 1 amide bonds. The van der Waals surface area contributed by atoms with Crippen LogP contribution in [0.4, 0.5) is 0 Å². The van der Waals surface area contributed by atoms with Gasteiger partial charge in [0.25, 0.3) is 11.7 Å². The number of rotatable bonds is 3. The van der Waals surface area contributed by atoms with Gasteiger partial charge in [-0.2, -0.15) is 0 Å². The first-order valence-corrected chi connectivity index (χ1v) is 6.65. The quantitative estimate of drug-likeness (QED) is 0.571. The van der Waals surface area contributed by atoms with Crippen LogP contribution in [0.15, 0.2) is 54.6 Å². The summed E-state index contributed by atoms with van der Waals surface area (Å²) in [5, 5.41) is 3.15. The first-order chi connectivity index (χ1) is 10.2. The van der Waals surface area contributed by atoms with E-state index < -0.39 is 11.7 Å². The number of benzene rings is 2. The normalized spacial score (nSPS) is 10.5. The van der Waals surface area contributed by atoms with Crippen LogP contribution in [0.25, 0.3) is 22.2 Å². The second-order valence-electron chi connectivity index (χ2n) is 4.69. The summed E-state index contributed by atoms with van der Waals surface area (Å²) in [7, 11) is 1.46. The Bertz CT molecular complexity index is 819. The van der Waals surface area contributed by atoms with Crippen molar-refractivity contribution in [3.63, 3.8) is 0 Å². The number of aromatic amines is 1. The molecule has 4 heteroatoms. The van der Waals surface area contributed by atoms with Gasteiger partial charge in [-0.3, -0.25) is 9.59 Å². The number of carbonyl (C=O) groups excluding carboxylic acids is 2. The molecule has 2 aromatic carbocycles. The predicted octanol–water partition coefficient (Wildman–Crippen LogP) is 2.76. The highest BCUT2D eigenvalue weighted by molar-refractivity contribution is 6.46. The van der Waals surface area contributed by atoms with Crippen molar-refractivity contribution in [1.82, 2.24) is 10.3 Å². The van der Waals surface area contributed by atoms with Gasteiger partial charge in [0.2, 0.25) is 0 Å². The summed E-state index contributed by atoms with van der Waals surface area (Å²) in [6.07, 6.45) is 0. The summed E-state index contributed by atoms with van der Waals surface area (Å²) >= 11 is 0. The molecule has 104 valence electrons. The van der Waals surface area contributed by atoms with E-state index in [9.17, 15) is 9.59 Å². The van der Waals surface area contributed by atoms with E-state index in [4.69, 9.17) is 0 Å². The fourth-order valence-electron chi connectivity index (χ4n) is 2.43. The Morgan fingerprint density at radius 2 is 1.62 bits per heavy atom. The van der Waals surface area contributed by atoms with Gasteiger partial charge in [-0.1, -0.05) is 48.5 Å². The van der Waals surface area contributed by atoms with E-state index in [1.54, 1.807) is 0 Å². The molecule has 0 fully saturated rings. The van der Waals surface area contributed by atoms with E-state index in [-0.39, 0.29) is 0 Å². The van der Waals surface area contributed by atoms with Gasteiger partial charge < -0.3 is 10.3 Å². The molecular weight excluding hydrogens is 264 g/mol. The summed E-state index contributed by atoms with van der Waals surface area (Å²) in [5.41, 5.74) is 2.80. The van der Waals surface area contributed by atoms with Crippen LogP contribution in [0.2, 0.25) is 0 Å². The minimum atomic E-state index is -0.614. The highest BCUT2D eigenvalue weighted by Gasteiger charge is 2.23. The van der Waals surface area contributed by atoms with Crippen LogP contribution in [0.3, 0.4) is 0 Å². The van der Waals surface area contributed by atoms with E-state index in [0.717, 1.165) is 16.5 Å². The molecule has 1 heterocycles. The number of likely N-dealkylation sites (N-methyl/N-ethyl adjacent to an activating group) is 1. The van der Waals surface area contributed by atoms with Gasteiger partial charge in [-0.25, -0.2) is 0 Å². The molecule has 0 unspecified atom stereocenters. The topological polar surface area (TPSA) is 62.0 Å². The zero-order chi connectivity index (χ0) is 14.8. The molecule has 0 saturated heterocycles. The van der Waals surface area contributed by atoms with E-state index in [1.807, 2.05) is 54.6 Å². The van der Waals surface area contributed by atoms with Crippen LogP contribution in [0.5, 0.6) is 0 Å². The number of amides is 1. The average molecular weight is 278 g/mol. The molecule has 0 spiro atoms. The van der Waals surface area contributed by atoms with Crippen molar-refractivity contribution in [2.45, 2.75) is 0 Å². The third-order valence-corrected chi connectivity index (χ3v) is 3.43. The molecule has 0 aliphatic carbocycles. The molecular formula is C17H14N2O2. The molecule has 0 radical (unpaired) electrons. The van der Waals surface area contributed by atoms with E-state index in [0.29, 0.717) is 11.3 Å². The van der Waals surface area contributed by atoms with Gasteiger partial charge in [0, 0.05) is 18.0 Å². The predicted molar refractivity (Wildman–Crippen MR) is 82.1 cm³/mol. The van der Waals surface area contributed by atoms with Crippen molar-refractivity contribution in [2.24, 2.45) is 0 Å². The standard InChI is InChI=1S/C17H14N2O2/c1-18-17(21)16(20)14-12-9-5-6-10-13(12)19-15(14)11-7-3-2-4-8-11/h2-10,19H,1H3,(H,18,21). The Labute approximate surface area is 121 Å². The van der Waals surface area contributed by atoms with Crippen LogP contribution in [-0.4, -0.2) is 23.7 Å². The third-order valence-electron chi connectivity index (χ3n) is 3.43. The summed E-state index contributed by atoms with van der Waals surface area (Å²) in [6.45, 7) is 0. The lowest BCUT2D eigenvalue weighted by Crippen LogP contribution is -2.27. The molecule has 0 atom stereocenters. The minimum Gasteiger partial charge on any atom is -0.354 e.